The van der Waals surface area contributed by atoms with Crippen molar-refractivity contribution >= 4 is 65.2 Å². The number of likely N-dealkylation sites (tertiary alicyclic amines) is 1. The van der Waals surface area contributed by atoms with Gasteiger partial charge in [-0.3, -0.25) is 48.1 Å². The summed E-state index contributed by atoms with van der Waals surface area (Å²) in [5.74, 6) is -11.7. The van der Waals surface area contributed by atoms with Crippen molar-refractivity contribution in [2.75, 3.05) is 13.1 Å². The minimum Gasteiger partial charge on any atom is -0.481 e. The molecule has 9 atom stereocenters. The van der Waals surface area contributed by atoms with E-state index in [9.17, 15) is 58.2 Å². The first-order valence-electron chi connectivity index (χ1n) is 19.3. The van der Waals surface area contributed by atoms with Gasteiger partial charge in [0.05, 0.1) is 18.6 Å². The third-order valence-electron chi connectivity index (χ3n) is 9.56. The quantitative estimate of drug-likeness (QED) is 0.0209. The third kappa shape index (κ3) is 17.8. The van der Waals surface area contributed by atoms with E-state index in [0.717, 1.165) is 4.90 Å². The predicted molar refractivity (Wildman–Crippen MR) is 209 cm³/mol. The minimum absolute atomic E-state index is 0.0176. The van der Waals surface area contributed by atoms with E-state index in [1.807, 2.05) is 0 Å². The average molecular weight is 858 g/mol. The van der Waals surface area contributed by atoms with Gasteiger partial charge in [-0.15, -0.1) is 0 Å². The Hall–Kier alpha value is -6.11. The number of aliphatic hydroxyl groups excluding tert-OH is 1. The maximum Gasteiger partial charge on any atom is 0.326 e. The van der Waals surface area contributed by atoms with Gasteiger partial charge in [-0.25, -0.2) is 4.79 Å². The number of hydrogen-bond donors (Lipinski definition) is 13. The summed E-state index contributed by atoms with van der Waals surface area (Å²) < 4.78 is 0. The summed E-state index contributed by atoms with van der Waals surface area (Å²) >= 11 is 0. The molecule has 7 amide bonds. The minimum atomic E-state index is -1.77. The van der Waals surface area contributed by atoms with Crippen LogP contribution in [0.3, 0.4) is 0 Å². The average Bonchev–Trinajstić information content (AvgIpc) is 3.66. The molecule has 1 fully saturated rings. The molecule has 0 saturated carbocycles. The monoisotopic (exact) mass is 857 g/mol. The summed E-state index contributed by atoms with van der Waals surface area (Å²) in [6.07, 6.45) is -3.45. The van der Waals surface area contributed by atoms with Gasteiger partial charge >= 0.3 is 17.9 Å². The Labute approximate surface area is 345 Å². The van der Waals surface area contributed by atoms with Gasteiger partial charge in [-0.1, -0.05) is 20.3 Å². The fourth-order valence-corrected chi connectivity index (χ4v) is 6.01. The first-order valence-corrected chi connectivity index (χ1v) is 19.3. The molecule has 0 aliphatic carbocycles. The molecule has 338 valence electrons. The summed E-state index contributed by atoms with van der Waals surface area (Å²) in [7, 11) is 0. The lowest BCUT2D eigenvalue weighted by Crippen LogP contribution is -2.61. The fraction of sp³-hybridized carbons (Fsp3) is 0.686. The summed E-state index contributed by atoms with van der Waals surface area (Å²) in [5.41, 5.74) is 21.8. The third-order valence-corrected chi connectivity index (χ3v) is 9.56. The number of aliphatic hydroxyl groups is 1. The molecule has 60 heavy (non-hydrogen) atoms. The zero-order chi connectivity index (χ0) is 45.9. The highest BCUT2D eigenvalue weighted by Gasteiger charge is 2.41. The number of nitrogens with one attached hydrogen (secondary N) is 5. The SMILES string of the molecule is CC[C@H](C)[C@H](NC(=O)[C@@H]1CCCN1C(=O)[C@@H](NC(=O)[C@@H](N)CCC(=O)O)[C@@H](C)O)C(=O)N[C@@H](CCCN=C(N)N)C(=O)N[C@@H](CC(N)=O)C(=O)N[C@@H](CCC(=O)O)C(=O)O. The number of rotatable bonds is 27. The van der Waals surface area contributed by atoms with Gasteiger partial charge in [0.2, 0.25) is 41.4 Å². The number of carbonyl (C=O) groups excluding carboxylic acids is 7. The molecule has 1 heterocycles. The summed E-state index contributed by atoms with van der Waals surface area (Å²) in [6, 6.07) is -10.4. The Morgan fingerprint density at radius 2 is 1.30 bits per heavy atom. The van der Waals surface area contributed by atoms with E-state index in [1.54, 1.807) is 13.8 Å². The van der Waals surface area contributed by atoms with Gasteiger partial charge in [0.25, 0.3) is 0 Å². The standard InChI is InChI=1S/C35H59N11O14/c1-4-16(2)26(44-31(56)22-8-6-14-46(22)33(58)27(17(3)47)45-28(53)18(36)9-11-24(49)50)32(57)41-19(7-5-13-40-35(38)39)29(54)43-21(15-23(37)48)30(55)42-20(34(59)60)10-12-25(51)52/h16-22,26-27,47H,4-15,36H2,1-3H3,(H2,37,48)(H,41,57)(H,42,55)(H,43,54)(H,44,56)(H,45,53)(H,49,50)(H,51,52)(H,59,60)(H4,38,39,40)/t16-,17+,18-,19-,20-,21-,22-,26-,27-/m0/s1. The van der Waals surface area contributed by atoms with E-state index in [1.165, 1.54) is 6.92 Å². The van der Waals surface area contributed by atoms with Crippen LogP contribution in [-0.2, 0) is 47.9 Å². The molecular formula is C35H59N11O14. The maximum absolute atomic E-state index is 13.9. The number of carboxylic acid groups (broad SMARTS) is 3. The molecule has 0 aromatic carbocycles. The first-order chi connectivity index (χ1) is 28.0. The largest absolute Gasteiger partial charge is 0.481 e. The normalized spacial score (nSPS) is 17.5. The van der Waals surface area contributed by atoms with Crippen molar-refractivity contribution in [3.05, 3.63) is 0 Å². The van der Waals surface area contributed by atoms with Crippen LogP contribution in [0, 0.1) is 5.92 Å². The van der Waals surface area contributed by atoms with Crippen LogP contribution in [0.15, 0.2) is 4.99 Å². The molecule has 17 N–H and O–H groups in total. The number of guanidine groups is 1. The molecule has 1 rings (SSSR count). The number of amides is 7. The van der Waals surface area contributed by atoms with Crippen LogP contribution in [0.1, 0.15) is 85.0 Å². The van der Waals surface area contributed by atoms with Crippen LogP contribution in [0.5, 0.6) is 0 Å². The predicted octanol–water partition coefficient (Wildman–Crippen LogP) is -5.10. The summed E-state index contributed by atoms with van der Waals surface area (Å²) in [6.45, 7) is 4.58. The van der Waals surface area contributed by atoms with Crippen LogP contribution in [-0.4, -0.2) is 152 Å². The Balaban J connectivity index is 3.35. The van der Waals surface area contributed by atoms with Crippen molar-refractivity contribution in [2.45, 2.75) is 133 Å². The van der Waals surface area contributed by atoms with Gasteiger partial charge < -0.3 is 74.8 Å². The Kier molecular flexibility index (Phi) is 22.0. The van der Waals surface area contributed by atoms with Crippen molar-refractivity contribution in [3.8, 4) is 0 Å². The molecular weight excluding hydrogens is 798 g/mol. The van der Waals surface area contributed by atoms with E-state index in [4.69, 9.17) is 33.1 Å². The van der Waals surface area contributed by atoms with Gasteiger partial charge in [-0.2, -0.15) is 0 Å². The van der Waals surface area contributed by atoms with E-state index >= 15 is 0 Å². The molecule has 25 nitrogen and oxygen atoms in total. The second kappa shape index (κ2) is 25.4. The molecule has 0 aromatic heterocycles. The molecule has 0 unspecified atom stereocenters. The highest BCUT2D eigenvalue weighted by Crippen LogP contribution is 2.21. The lowest BCUT2D eigenvalue weighted by molar-refractivity contribution is -0.145. The topological polar surface area (TPSA) is 431 Å². The molecule has 1 saturated heterocycles. The van der Waals surface area contributed by atoms with Gasteiger partial charge in [0.15, 0.2) is 5.96 Å². The highest BCUT2D eigenvalue weighted by atomic mass is 16.4. The van der Waals surface area contributed by atoms with Crippen LogP contribution in [0.25, 0.3) is 0 Å². The number of aliphatic carboxylic acids is 3. The van der Waals surface area contributed by atoms with Crippen LogP contribution >= 0.6 is 0 Å². The number of primary amides is 1. The number of aliphatic imine (C=N–C) groups is 1. The van der Waals surface area contributed by atoms with Gasteiger partial charge in [0.1, 0.15) is 36.3 Å². The fourth-order valence-electron chi connectivity index (χ4n) is 6.01. The molecule has 1 aliphatic rings. The lowest BCUT2D eigenvalue weighted by atomic mass is 9.96. The Morgan fingerprint density at radius 1 is 0.733 bits per heavy atom. The van der Waals surface area contributed by atoms with Gasteiger partial charge in [0, 0.05) is 25.9 Å². The van der Waals surface area contributed by atoms with E-state index < -0.39 is 139 Å². The van der Waals surface area contributed by atoms with E-state index in [0.29, 0.717) is 12.8 Å². The first kappa shape index (κ1) is 51.9. The van der Waals surface area contributed by atoms with E-state index in [-0.39, 0.29) is 44.7 Å². The molecule has 0 bridgehead atoms. The Morgan fingerprint density at radius 3 is 1.83 bits per heavy atom. The molecule has 1 aliphatic heterocycles. The number of nitrogens with zero attached hydrogens (tertiary/aromatic N) is 2. The zero-order valence-corrected chi connectivity index (χ0v) is 33.8. The highest BCUT2D eigenvalue weighted by molar-refractivity contribution is 5.98. The van der Waals surface area contributed by atoms with Crippen LogP contribution in [0.4, 0.5) is 0 Å². The Bertz CT molecular complexity index is 1610. The second-order valence-electron chi connectivity index (χ2n) is 14.4. The van der Waals surface area contributed by atoms with E-state index in [2.05, 4.69) is 31.6 Å². The number of nitrogens with two attached hydrogens (primary N) is 4. The molecule has 0 spiro atoms. The molecule has 0 radical (unpaired) electrons. The lowest BCUT2D eigenvalue weighted by Gasteiger charge is -2.32. The van der Waals surface area contributed by atoms with Crippen molar-refractivity contribution in [1.82, 2.24) is 31.5 Å². The molecule has 25 heteroatoms. The number of carboxylic acids is 3. The number of carbonyl (C=O) groups is 10. The second-order valence-corrected chi connectivity index (χ2v) is 14.4. The van der Waals surface area contributed by atoms with Crippen molar-refractivity contribution < 1.29 is 68.4 Å². The van der Waals surface area contributed by atoms with Crippen molar-refractivity contribution in [2.24, 2.45) is 33.8 Å². The van der Waals surface area contributed by atoms with Gasteiger partial charge in [-0.05, 0) is 51.4 Å². The van der Waals surface area contributed by atoms with Crippen molar-refractivity contribution in [1.29, 1.82) is 0 Å². The summed E-state index contributed by atoms with van der Waals surface area (Å²) in [5, 5.41) is 49.6. The zero-order valence-electron chi connectivity index (χ0n) is 33.8. The van der Waals surface area contributed by atoms with Crippen LogP contribution < -0.4 is 49.5 Å². The van der Waals surface area contributed by atoms with Crippen molar-refractivity contribution in [3.63, 3.8) is 0 Å². The van der Waals surface area contributed by atoms with Crippen LogP contribution in [0.2, 0.25) is 0 Å². The number of hydrogen-bond acceptors (Lipinski definition) is 13. The maximum atomic E-state index is 13.9. The smallest absolute Gasteiger partial charge is 0.326 e. The molecule has 0 aromatic rings. The summed E-state index contributed by atoms with van der Waals surface area (Å²) in [4.78, 5) is 131.